The minimum atomic E-state index is -6.13. The number of phosphoric ester groups is 1. The summed E-state index contributed by atoms with van der Waals surface area (Å²) in [7, 11) is -23.1. The maximum absolute atomic E-state index is 12.7. The van der Waals surface area contributed by atoms with Crippen LogP contribution in [-0.4, -0.2) is 77.1 Å². The lowest BCUT2D eigenvalue weighted by molar-refractivity contribution is -0.384. The van der Waals surface area contributed by atoms with E-state index in [0.29, 0.717) is 26.3 Å². The van der Waals surface area contributed by atoms with Crippen LogP contribution in [0.2, 0.25) is 0 Å². The Labute approximate surface area is 295 Å². The summed E-state index contributed by atoms with van der Waals surface area (Å²) < 4.78 is 77.2. The van der Waals surface area contributed by atoms with Crippen LogP contribution >= 0.6 is 47.0 Å². The van der Waals surface area contributed by atoms with Crippen molar-refractivity contribution in [2.45, 2.75) is 37.9 Å². The van der Waals surface area contributed by atoms with E-state index in [1.54, 1.807) is 30.3 Å². The molecule has 51 heavy (non-hydrogen) atoms. The first-order valence-corrected chi connectivity index (χ1v) is 20.9. The van der Waals surface area contributed by atoms with Crippen molar-refractivity contribution in [3.63, 3.8) is 0 Å². The zero-order chi connectivity index (χ0) is 37.9. The van der Waals surface area contributed by atoms with E-state index in [1.807, 2.05) is 0 Å². The number of nitro benzene ring substituents is 1. The molecule has 2 aliphatic rings. The number of nitrogens with one attached hydrogen (secondary N) is 1. The number of carbonyl (C=O) groups is 1. The Morgan fingerprint density at radius 3 is 2.20 bits per heavy atom. The number of aliphatic hydroxyl groups excluding tert-OH is 2. The largest absolute Gasteiger partial charge is 0.490 e. The van der Waals surface area contributed by atoms with Crippen LogP contribution in [0.4, 0.5) is 10.5 Å². The van der Waals surface area contributed by atoms with Gasteiger partial charge in [-0.25, -0.2) is 22.8 Å². The van der Waals surface area contributed by atoms with Crippen LogP contribution < -0.4 is 5.32 Å². The number of non-ortho nitro benzene ring substituents is 1. The van der Waals surface area contributed by atoms with Crippen LogP contribution in [0.3, 0.4) is 0 Å². The van der Waals surface area contributed by atoms with Gasteiger partial charge in [0, 0.05) is 33.9 Å². The minimum absolute atomic E-state index is 0.0973. The highest BCUT2D eigenvalue weighted by Gasteiger charge is 2.46. The number of hydrogen-bond acceptors (Lipinski definition) is 15. The topological polar surface area (TPSA) is 321 Å². The van der Waals surface area contributed by atoms with Gasteiger partial charge in [0.1, 0.15) is 11.9 Å². The highest BCUT2D eigenvalue weighted by Crippen LogP contribution is 2.71. The molecule has 2 aromatic carbocycles. The van der Waals surface area contributed by atoms with Gasteiger partial charge in [-0.3, -0.25) is 29.4 Å². The number of benzene rings is 2. The summed E-state index contributed by atoms with van der Waals surface area (Å²) in [6.07, 6.45) is -4.73. The summed E-state index contributed by atoms with van der Waals surface area (Å²) in [6, 6.07) is 10.1. The van der Waals surface area contributed by atoms with E-state index in [2.05, 4.69) is 38.7 Å². The van der Waals surface area contributed by atoms with Gasteiger partial charge in [0.25, 0.3) is 5.69 Å². The third kappa shape index (κ3) is 11.7. The normalized spacial score (nSPS) is 22.3. The van der Waals surface area contributed by atoms with E-state index in [4.69, 9.17) is 9.47 Å². The highest BCUT2D eigenvalue weighted by molar-refractivity contribution is 9.10. The van der Waals surface area contributed by atoms with Crippen LogP contribution in [0.25, 0.3) is 5.76 Å². The van der Waals surface area contributed by atoms with Gasteiger partial charge < -0.3 is 39.3 Å². The van der Waals surface area contributed by atoms with Crippen LogP contribution in [0, 0.1) is 10.1 Å². The third-order valence-electron chi connectivity index (χ3n) is 6.41. The van der Waals surface area contributed by atoms with Gasteiger partial charge in [-0.1, -0.05) is 46.3 Å². The molecule has 27 heteroatoms. The number of hydrogen-bond donors (Lipinski definition) is 7. The van der Waals surface area contributed by atoms with Gasteiger partial charge in [0.2, 0.25) is 12.6 Å². The number of fused-ring (bicyclic) bond motifs is 1. The summed E-state index contributed by atoms with van der Waals surface area (Å²) in [5, 5.41) is 33.9. The first-order chi connectivity index (χ1) is 23.6. The molecule has 0 aromatic heterocycles. The number of nitro groups is 1. The van der Waals surface area contributed by atoms with Gasteiger partial charge in [-0.15, -0.1) is 0 Å². The molecule has 0 bridgehead atoms. The molecular formula is C24H28BrN3O19P4. The predicted molar refractivity (Wildman–Crippen MR) is 173 cm³/mol. The molecule has 280 valence electrons. The van der Waals surface area contributed by atoms with Crippen LogP contribution in [0.5, 0.6) is 0 Å². The molecule has 2 aliphatic heterocycles. The van der Waals surface area contributed by atoms with Crippen LogP contribution in [0.15, 0.2) is 70.9 Å². The van der Waals surface area contributed by atoms with Crippen molar-refractivity contribution in [1.82, 2.24) is 10.2 Å². The van der Waals surface area contributed by atoms with E-state index in [9.17, 15) is 63.0 Å². The van der Waals surface area contributed by atoms with Gasteiger partial charge in [-0.05, 0) is 24.6 Å². The monoisotopic (exact) mass is 865 g/mol. The lowest BCUT2D eigenvalue weighted by atomic mass is 10.1. The number of halogens is 1. The van der Waals surface area contributed by atoms with Gasteiger partial charge in [0.15, 0.2) is 0 Å². The molecule has 6 unspecified atom stereocenters. The molecule has 4 rings (SSSR count). The molecule has 2 amide bonds. The molecular weight excluding hydrogens is 838 g/mol. The highest BCUT2D eigenvalue weighted by atomic mass is 79.9. The summed E-state index contributed by atoms with van der Waals surface area (Å²) in [5.74, 6) is 0.382. The molecule has 0 saturated carbocycles. The maximum atomic E-state index is 12.7. The lowest BCUT2D eigenvalue weighted by Crippen LogP contribution is -2.53. The summed E-state index contributed by atoms with van der Waals surface area (Å²) in [6.45, 7) is -0.101. The first-order valence-electron chi connectivity index (χ1n) is 13.8. The molecule has 2 heterocycles. The number of aliphatic hydroxyl groups is 2. The number of phosphoric acid groups is 3. The van der Waals surface area contributed by atoms with E-state index >= 15 is 0 Å². The summed E-state index contributed by atoms with van der Waals surface area (Å²) >= 11 is 3.40. The van der Waals surface area contributed by atoms with E-state index < -0.39 is 79.6 Å². The van der Waals surface area contributed by atoms with Crippen molar-refractivity contribution in [3.05, 3.63) is 92.1 Å². The van der Waals surface area contributed by atoms with Crippen molar-refractivity contribution in [3.8, 4) is 0 Å². The van der Waals surface area contributed by atoms with Crippen molar-refractivity contribution < 1.29 is 84.7 Å². The first kappa shape index (κ1) is 41.1. The standard InChI is InChI=1S/C24H28BrN3O19P4/c1-14(29)21(44-24(31)27-11-16-10-20(43-22(16)26-23(27)30)18-4-2-3-5-19(18)25)12-42-49(36,37)46-51(40,41)47-50(38,39)45-48(34,35)13-15-6-8-17(9-7-15)28(32)33/h2-11,14,21-22,24,29,31H,12-13H2,1H3,(H,26,30)(H,34,35)(H,36,37)(H,38,39)(H,40,41)/t14-,21-,22?,24?/m1/s1. The Morgan fingerprint density at radius 1 is 0.980 bits per heavy atom. The van der Waals surface area contributed by atoms with Crippen molar-refractivity contribution >= 4 is 64.5 Å². The zero-order valence-electron chi connectivity index (χ0n) is 25.5. The predicted octanol–water partition coefficient (Wildman–Crippen LogP) is 3.76. The van der Waals surface area contributed by atoms with Crippen molar-refractivity contribution in [1.29, 1.82) is 0 Å². The van der Waals surface area contributed by atoms with Crippen molar-refractivity contribution in [2.75, 3.05) is 6.61 Å². The average Bonchev–Trinajstić information content (AvgIpc) is 3.39. The Hall–Kier alpha value is -2.65. The third-order valence-corrected chi connectivity index (χ3v) is 13.5. The van der Waals surface area contributed by atoms with E-state index in [0.717, 1.165) is 31.2 Å². The fraction of sp³-hybridized carbons (Fsp3) is 0.292. The number of rotatable bonds is 17. The molecule has 0 fully saturated rings. The molecule has 0 radical (unpaired) electrons. The number of urea groups is 1. The Kier molecular flexibility index (Phi) is 13.0. The lowest BCUT2D eigenvalue weighted by Gasteiger charge is -2.33. The molecule has 8 atom stereocenters. The second-order valence-electron chi connectivity index (χ2n) is 10.4. The number of ether oxygens (including phenoxy) is 2. The number of carbonyl (C=O) groups excluding carboxylic acids is 1. The van der Waals surface area contributed by atoms with Crippen molar-refractivity contribution in [2.24, 2.45) is 0 Å². The number of amides is 2. The second kappa shape index (κ2) is 16.2. The van der Waals surface area contributed by atoms with Gasteiger partial charge >= 0.3 is 37.1 Å². The zero-order valence-corrected chi connectivity index (χ0v) is 30.7. The molecule has 7 N–H and O–H groups in total. The fourth-order valence-electron chi connectivity index (χ4n) is 4.19. The maximum Gasteiger partial charge on any atom is 0.490 e. The van der Waals surface area contributed by atoms with E-state index in [-0.39, 0.29) is 11.3 Å². The Bertz CT molecular complexity index is 1910. The summed E-state index contributed by atoms with van der Waals surface area (Å²) in [4.78, 5) is 62.8. The fourth-order valence-corrected chi connectivity index (χ4v) is 10.2. The smallest absolute Gasteiger partial charge is 0.466 e. The van der Waals surface area contributed by atoms with E-state index in [1.165, 1.54) is 6.20 Å². The van der Waals surface area contributed by atoms with Gasteiger partial charge in [-0.2, -0.15) is 8.62 Å². The molecule has 2 aromatic rings. The second-order valence-corrected chi connectivity index (χ2v) is 17.9. The Balaban J connectivity index is 1.34. The molecule has 22 nitrogen and oxygen atoms in total. The van der Waals surface area contributed by atoms with Crippen LogP contribution in [-0.2, 0) is 51.4 Å². The Morgan fingerprint density at radius 2 is 1.59 bits per heavy atom. The quantitative estimate of drug-likeness (QED) is 0.0515. The van der Waals surface area contributed by atoms with Gasteiger partial charge in [0.05, 0.1) is 23.8 Å². The number of nitrogens with zero attached hydrogens (tertiary/aromatic N) is 2. The molecule has 0 spiro atoms. The summed E-state index contributed by atoms with van der Waals surface area (Å²) in [5.41, 5.74) is 0.551. The van der Waals surface area contributed by atoms with Crippen LogP contribution in [0.1, 0.15) is 18.1 Å². The molecule has 0 saturated heterocycles. The average molecular weight is 866 g/mol. The minimum Gasteiger partial charge on any atom is -0.466 e. The molecule has 0 aliphatic carbocycles. The SMILES string of the molecule is C[C@@H](O)[C@@H](COP(=O)(O)OP(=O)(O)OP(=O)(O)OP(=O)(O)Cc1ccc([N+](=O)[O-])cc1)OC(O)N1C=C2C=C(c3ccccc3Br)OC2NC1=O.